The van der Waals surface area contributed by atoms with Gasteiger partial charge in [-0.2, -0.15) is 5.26 Å². The highest BCUT2D eigenvalue weighted by atomic mass is 32.2. The van der Waals surface area contributed by atoms with Gasteiger partial charge in [0.05, 0.1) is 18.2 Å². The Hall–Kier alpha value is -1.58. The standard InChI is InChI=1S/C16H22N2O3S/c17-11-13-5-7-16(8-6-13)21-12-15-4-2-1-3-14(15)9-10-18-22(19)20/h5-8,14-15,22H,1-4,9-10,12H2,(H,18,19,20). The van der Waals surface area contributed by atoms with Crippen LogP contribution in [0.3, 0.4) is 0 Å². The van der Waals surface area contributed by atoms with Gasteiger partial charge in [0.15, 0.2) is 0 Å². The van der Waals surface area contributed by atoms with Gasteiger partial charge in [0.1, 0.15) is 5.75 Å². The second-order valence-corrected chi connectivity index (χ2v) is 6.54. The second kappa shape index (κ2) is 8.76. The van der Waals surface area contributed by atoms with Crippen molar-refractivity contribution in [2.75, 3.05) is 13.2 Å². The fraction of sp³-hybridized carbons (Fsp3) is 0.562. The summed E-state index contributed by atoms with van der Waals surface area (Å²) in [5.41, 5.74) is 0.626. The average molecular weight is 322 g/mol. The minimum atomic E-state index is -2.50. The summed E-state index contributed by atoms with van der Waals surface area (Å²) >= 11 is 0. The smallest absolute Gasteiger partial charge is 0.201 e. The number of nitriles is 1. The maximum absolute atomic E-state index is 10.6. The van der Waals surface area contributed by atoms with Crippen LogP contribution in [0.25, 0.3) is 0 Å². The van der Waals surface area contributed by atoms with E-state index in [1.54, 1.807) is 12.1 Å². The van der Waals surface area contributed by atoms with Crippen LogP contribution in [-0.2, 0) is 10.9 Å². The Balaban J connectivity index is 1.83. The summed E-state index contributed by atoms with van der Waals surface area (Å²) in [4.78, 5) is 0. The molecule has 0 radical (unpaired) electrons. The minimum absolute atomic E-state index is 0.468. The lowest BCUT2D eigenvalue weighted by Crippen LogP contribution is -2.28. The molecule has 2 atom stereocenters. The highest BCUT2D eigenvalue weighted by Crippen LogP contribution is 2.32. The van der Waals surface area contributed by atoms with Crippen molar-refractivity contribution in [3.05, 3.63) is 29.8 Å². The molecule has 5 nitrogen and oxygen atoms in total. The number of nitrogens with zero attached hydrogens (tertiary/aromatic N) is 1. The summed E-state index contributed by atoms with van der Waals surface area (Å²) in [6.07, 6.45) is 5.55. The molecule has 1 aromatic rings. The first-order valence-electron chi connectivity index (χ1n) is 7.70. The summed E-state index contributed by atoms with van der Waals surface area (Å²) < 4.78 is 29.5. The molecule has 2 unspecified atom stereocenters. The number of ether oxygens (including phenoxy) is 1. The molecule has 0 heterocycles. The van der Waals surface area contributed by atoms with Gasteiger partial charge in [0.25, 0.3) is 0 Å². The number of hydrogen-bond donors (Lipinski definition) is 2. The summed E-state index contributed by atoms with van der Waals surface area (Å²) in [5, 5.41) is 8.78. The van der Waals surface area contributed by atoms with Crippen molar-refractivity contribution in [3.8, 4) is 11.8 Å². The van der Waals surface area contributed by atoms with Crippen LogP contribution >= 0.6 is 0 Å². The zero-order chi connectivity index (χ0) is 15.8. The first-order valence-corrected chi connectivity index (χ1v) is 8.87. The Labute approximate surface area is 133 Å². The lowest BCUT2D eigenvalue weighted by atomic mass is 9.78. The summed E-state index contributed by atoms with van der Waals surface area (Å²) in [6, 6.07) is 9.23. The molecule has 120 valence electrons. The fourth-order valence-corrected chi connectivity index (χ4v) is 3.37. The predicted molar refractivity (Wildman–Crippen MR) is 85.0 cm³/mol. The zero-order valence-corrected chi connectivity index (χ0v) is 13.4. The number of benzene rings is 1. The number of thiol groups is 1. The SMILES string of the molecule is N#Cc1ccc(OCC2CCCCC2CCN[SH](=O)=O)cc1. The van der Waals surface area contributed by atoms with Crippen molar-refractivity contribution >= 4 is 10.9 Å². The van der Waals surface area contributed by atoms with E-state index in [1.807, 2.05) is 12.1 Å². The van der Waals surface area contributed by atoms with Gasteiger partial charge >= 0.3 is 0 Å². The van der Waals surface area contributed by atoms with Crippen LogP contribution in [0.2, 0.25) is 0 Å². The first kappa shape index (κ1) is 16.8. The fourth-order valence-electron chi connectivity index (χ4n) is 3.05. The lowest BCUT2D eigenvalue weighted by Gasteiger charge is -2.31. The Kier molecular flexibility index (Phi) is 6.69. The van der Waals surface area contributed by atoms with E-state index in [1.165, 1.54) is 12.8 Å². The molecule has 2 rings (SSSR count). The molecular formula is C16H22N2O3S. The molecule has 1 saturated carbocycles. The number of rotatable bonds is 7. The highest BCUT2D eigenvalue weighted by Gasteiger charge is 2.25. The van der Waals surface area contributed by atoms with Gasteiger partial charge in [-0.25, -0.2) is 13.1 Å². The Bertz CT molecular complexity index is 570. The largest absolute Gasteiger partial charge is 0.493 e. The van der Waals surface area contributed by atoms with E-state index in [0.29, 0.717) is 30.6 Å². The normalized spacial score (nSPS) is 21.5. The third-order valence-corrected chi connectivity index (χ3v) is 4.75. The van der Waals surface area contributed by atoms with Gasteiger partial charge < -0.3 is 4.74 Å². The van der Waals surface area contributed by atoms with E-state index < -0.39 is 10.9 Å². The van der Waals surface area contributed by atoms with Gasteiger partial charge in [0.2, 0.25) is 10.9 Å². The molecule has 6 heteroatoms. The van der Waals surface area contributed by atoms with E-state index in [2.05, 4.69) is 10.8 Å². The molecule has 1 aliphatic rings. The van der Waals surface area contributed by atoms with Gasteiger partial charge in [-0.3, -0.25) is 0 Å². The first-order chi connectivity index (χ1) is 10.7. The van der Waals surface area contributed by atoms with Crippen molar-refractivity contribution < 1.29 is 13.2 Å². The monoisotopic (exact) mass is 322 g/mol. The summed E-state index contributed by atoms with van der Waals surface area (Å²) in [7, 11) is -2.50. The maximum atomic E-state index is 10.6. The molecule has 1 aromatic carbocycles. The van der Waals surface area contributed by atoms with Crippen LogP contribution < -0.4 is 9.46 Å². The molecule has 0 saturated heterocycles. The molecular weight excluding hydrogens is 300 g/mol. The third-order valence-electron chi connectivity index (χ3n) is 4.27. The van der Waals surface area contributed by atoms with Crippen LogP contribution in [-0.4, -0.2) is 21.6 Å². The molecule has 0 aromatic heterocycles. The molecule has 1 N–H and O–H groups in total. The van der Waals surface area contributed by atoms with E-state index in [9.17, 15) is 8.42 Å². The zero-order valence-electron chi connectivity index (χ0n) is 12.5. The average Bonchev–Trinajstić information content (AvgIpc) is 2.54. The van der Waals surface area contributed by atoms with Crippen LogP contribution in [0.5, 0.6) is 5.75 Å². The Morgan fingerprint density at radius 2 is 1.86 bits per heavy atom. The van der Waals surface area contributed by atoms with Gasteiger partial charge in [-0.1, -0.05) is 19.3 Å². The number of hydrogen-bond acceptors (Lipinski definition) is 4. The van der Waals surface area contributed by atoms with Crippen molar-refractivity contribution in [1.29, 1.82) is 5.26 Å². The lowest BCUT2D eigenvalue weighted by molar-refractivity contribution is 0.143. The third kappa shape index (κ3) is 5.32. The maximum Gasteiger partial charge on any atom is 0.201 e. The summed E-state index contributed by atoms with van der Waals surface area (Å²) in [6.45, 7) is 1.16. The molecule has 1 aliphatic carbocycles. The highest BCUT2D eigenvalue weighted by molar-refractivity contribution is 7.70. The van der Waals surface area contributed by atoms with Crippen LogP contribution in [0.4, 0.5) is 0 Å². The van der Waals surface area contributed by atoms with Crippen LogP contribution in [0.1, 0.15) is 37.7 Å². The predicted octanol–water partition coefficient (Wildman–Crippen LogP) is 2.25. The topological polar surface area (TPSA) is 79.2 Å². The van der Waals surface area contributed by atoms with E-state index >= 15 is 0 Å². The molecule has 0 amide bonds. The molecule has 1 fully saturated rings. The van der Waals surface area contributed by atoms with Crippen molar-refractivity contribution in [2.24, 2.45) is 11.8 Å². The van der Waals surface area contributed by atoms with Crippen molar-refractivity contribution in [3.63, 3.8) is 0 Å². The summed E-state index contributed by atoms with van der Waals surface area (Å²) in [5.74, 6) is 1.76. The van der Waals surface area contributed by atoms with Crippen molar-refractivity contribution in [2.45, 2.75) is 32.1 Å². The van der Waals surface area contributed by atoms with Crippen molar-refractivity contribution in [1.82, 2.24) is 4.72 Å². The van der Waals surface area contributed by atoms with E-state index in [-0.39, 0.29) is 0 Å². The van der Waals surface area contributed by atoms with Gasteiger partial charge in [-0.15, -0.1) is 0 Å². The quantitative estimate of drug-likeness (QED) is 0.755. The minimum Gasteiger partial charge on any atom is -0.493 e. The Morgan fingerprint density at radius 3 is 2.50 bits per heavy atom. The molecule has 0 aliphatic heterocycles. The van der Waals surface area contributed by atoms with Crippen LogP contribution in [0.15, 0.2) is 24.3 Å². The van der Waals surface area contributed by atoms with Gasteiger partial charge in [-0.05, 0) is 48.9 Å². The second-order valence-electron chi connectivity index (χ2n) is 5.71. The van der Waals surface area contributed by atoms with Gasteiger partial charge in [0, 0.05) is 6.54 Å². The molecule has 22 heavy (non-hydrogen) atoms. The van der Waals surface area contributed by atoms with E-state index in [4.69, 9.17) is 10.00 Å². The molecule has 0 spiro atoms. The Morgan fingerprint density at radius 1 is 1.18 bits per heavy atom. The number of nitrogens with one attached hydrogen (secondary N) is 1. The molecule has 0 bridgehead atoms. The van der Waals surface area contributed by atoms with Crippen LogP contribution in [0, 0.1) is 23.2 Å². The van der Waals surface area contributed by atoms with E-state index in [0.717, 1.165) is 25.0 Å².